The molecule has 2 heterocycles. The molecule has 1 aromatic carbocycles. The number of rotatable bonds is 5. The van der Waals surface area contributed by atoms with Gasteiger partial charge in [0.15, 0.2) is 0 Å². The van der Waals surface area contributed by atoms with Crippen LogP contribution in [0, 0.1) is 13.8 Å². The number of nitrogens with zero attached hydrogens (tertiary/aromatic N) is 2. The minimum atomic E-state index is -0.721. The van der Waals surface area contributed by atoms with E-state index in [0.717, 1.165) is 16.0 Å². The van der Waals surface area contributed by atoms with E-state index >= 15 is 0 Å². The molecule has 136 valence electrons. The summed E-state index contributed by atoms with van der Waals surface area (Å²) in [6.07, 6.45) is 1.86. The molecule has 0 aliphatic rings. The highest BCUT2D eigenvalue weighted by Gasteiger charge is 2.24. The molecule has 7 heteroatoms. The molecule has 0 saturated carbocycles. The maximum atomic E-state index is 12.9. The lowest BCUT2D eigenvalue weighted by Gasteiger charge is -2.17. The van der Waals surface area contributed by atoms with E-state index in [2.05, 4.69) is 4.98 Å². The van der Waals surface area contributed by atoms with Crippen LogP contribution in [-0.4, -0.2) is 15.5 Å². The van der Waals surface area contributed by atoms with Crippen molar-refractivity contribution in [3.05, 3.63) is 62.0 Å². The average Bonchev–Trinajstić information content (AvgIpc) is 2.92. The number of carbonyl (C=O) groups excluding carboxylic acids is 1. The van der Waals surface area contributed by atoms with Gasteiger partial charge in [-0.3, -0.25) is 9.36 Å². The standard InChI is InChI=1S/C19H19ClN2O3S/c1-4-15(19(24)25-9-13-7-5-6-8-14(13)20)22-10-21-17-16(18(22)23)11(2)12(3)26-17/h5-8,10,15H,4,9H2,1-3H3/t15-/m0/s1. The third-order valence-corrected chi connectivity index (χ3v) is 5.92. The Morgan fingerprint density at radius 2 is 2.08 bits per heavy atom. The van der Waals surface area contributed by atoms with Crippen LogP contribution < -0.4 is 5.56 Å². The molecule has 0 aliphatic heterocycles. The number of hydrogen-bond acceptors (Lipinski definition) is 5. The second kappa shape index (κ2) is 7.60. The van der Waals surface area contributed by atoms with E-state index in [9.17, 15) is 9.59 Å². The quantitative estimate of drug-likeness (QED) is 0.605. The second-order valence-corrected chi connectivity index (χ2v) is 7.65. The Morgan fingerprint density at radius 1 is 1.35 bits per heavy atom. The van der Waals surface area contributed by atoms with Crippen molar-refractivity contribution in [1.82, 2.24) is 9.55 Å². The molecule has 2 aromatic heterocycles. The summed E-state index contributed by atoms with van der Waals surface area (Å²) >= 11 is 7.58. The second-order valence-electron chi connectivity index (χ2n) is 6.04. The summed E-state index contributed by atoms with van der Waals surface area (Å²) in [5.74, 6) is -0.472. The molecule has 0 unspecified atom stereocenters. The predicted molar refractivity (Wildman–Crippen MR) is 104 cm³/mol. The average molecular weight is 391 g/mol. The summed E-state index contributed by atoms with van der Waals surface area (Å²) in [6.45, 7) is 5.76. The van der Waals surface area contributed by atoms with Crippen LogP contribution in [0.2, 0.25) is 5.02 Å². The number of halogens is 1. The SMILES string of the molecule is CC[C@@H](C(=O)OCc1ccccc1Cl)n1cnc2sc(C)c(C)c2c1=O. The highest BCUT2D eigenvalue weighted by molar-refractivity contribution is 7.18. The predicted octanol–water partition coefficient (Wildman–Crippen LogP) is 4.42. The number of hydrogen-bond donors (Lipinski definition) is 0. The summed E-state index contributed by atoms with van der Waals surface area (Å²) in [7, 11) is 0. The minimum absolute atomic E-state index is 0.0655. The van der Waals surface area contributed by atoms with Crippen LogP contribution in [0.4, 0.5) is 0 Å². The topological polar surface area (TPSA) is 61.2 Å². The molecule has 1 atom stereocenters. The summed E-state index contributed by atoms with van der Waals surface area (Å²) in [6, 6.07) is 6.46. The molecule has 3 rings (SSSR count). The maximum Gasteiger partial charge on any atom is 0.329 e. The molecule has 5 nitrogen and oxygen atoms in total. The monoisotopic (exact) mass is 390 g/mol. The number of aromatic nitrogens is 2. The molecular formula is C19H19ClN2O3S. The van der Waals surface area contributed by atoms with Crippen LogP contribution in [0.5, 0.6) is 0 Å². The number of fused-ring (bicyclic) bond motifs is 1. The van der Waals surface area contributed by atoms with Gasteiger partial charge >= 0.3 is 5.97 Å². The van der Waals surface area contributed by atoms with E-state index in [-0.39, 0.29) is 12.2 Å². The molecule has 0 amide bonds. The Balaban J connectivity index is 1.89. The molecule has 0 spiro atoms. The summed E-state index contributed by atoms with van der Waals surface area (Å²) in [4.78, 5) is 31.6. The number of esters is 1. The van der Waals surface area contributed by atoms with Crippen LogP contribution in [-0.2, 0) is 16.1 Å². The van der Waals surface area contributed by atoms with Crippen molar-refractivity contribution in [3.63, 3.8) is 0 Å². The van der Waals surface area contributed by atoms with Gasteiger partial charge in [0, 0.05) is 15.5 Å². The molecule has 0 N–H and O–H groups in total. The Kier molecular flexibility index (Phi) is 5.44. The van der Waals surface area contributed by atoms with Crippen molar-refractivity contribution in [3.8, 4) is 0 Å². The van der Waals surface area contributed by atoms with Gasteiger partial charge in [-0.2, -0.15) is 0 Å². The number of aryl methyl sites for hydroxylation is 2. The fraction of sp³-hybridized carbons (Fsp3) is 0.316. The lowest BCUT2D eigenvalue weighted by Crippen LogP contribution is -2.31. The van der Waals surface area contributed by atoms with Gasteiger partial charge in [0.2, 0.25) is 0 Å². The molecular weight excluding hydrogens is 372 g/mol. The molecule has 26 heavy (non-hydrogen) atoms. The van der Waals surface area contributed by atoms with Gasteiger partial charge in [-0.1, -0.05) is 36.7 Å². The molecule has 3 aromatic rings. The maximum absolute atomic E-state index is 12.9. The van der Waals surface area contributed by atoms with Crippen LogP contribution in [0.1, 0.15) is 35.4 Å². The molecule has 0 bridgehead atoms. The summed E-state index contributed by atoms with van der Waals surface area (Å²) < 4.78 is 6.78. The molecule has 0 radical (unpaired) electrons. The zero-order chi connectivity index (χ0) is 18.8. The van der Waals surface area contributed by atoms with Gasteiger partial charge in [0.05, 0.1) is 11.7 Å². The Morgan fingerprint density at radius 3 is 2.77 bits per heavy atom. The third-order valence-electron chi connectivity index (χ3n) is 4.44. The van der Waals surface area contributed by atoms with Gasteiger partial charge in [0.25, 0.3) is 5.56 Å². The smallest absolute Gasteiger partial charge is 0.329 e. The zero-order valence-corrected chi connectivity index (χ0v) is 16.4. The van der Waals surface area contributed by atoms with Crippen LogP contribution in [0.25, 0.3) is 10.2 Å². The molecule has 0 fully saturated rings. The first-order valence-corrected chi connectivity index (χ1v) is 9.50. The van der Waals surface area contributed by atoms with Crippen molar-refractivity contribution in [1.29, 1.82) is 0 Å². The van der Waals surface area contributed by atoms with E-state index < -0.39 is 12.0 Å². The number of benzene rings is 1. The van der Waals surface area contributed by atoms with E-state index in [0.29, 0.717) is 21.7 Å². The third kappa shape index (κ3) is 3.39. The number of ether oxygens (including phenoxy) is 1. The zero-order valence-electron chi connectivity index (χ0n) is 14.8. The van der Waals surface area contributed by atoms with Crippen LogP contribution in [0.15, 0.2) is 35.4 Å². The lowest BCUT2D eigenvalue weighted by molar-refractivity contribution is -0.149. The largest absolute Gasteiger partial charge is 0.459 e. The van der Waals surface area contributed by atoms with Crippen molar-refractivity contribution in [2.24, 2.45) is 0 Å². The number of carbonyl (C=O) groups is 1. The van der Waals surface area contributed by atoms with Crippen molar-refractivity contribution in [2.45, 2.75) is 39.8 Å². The first-order valence-electron chi connectivity index (χ1n) is 8.31. The Bertz CT molecular complexity index is 1030. The van der Waals surface area contributed by atoms with E-state index in [4.69, 9.17) is 16.3 Å². The van der Waals surface area contributed by atoms with Gasteiger partial charge in [-0.25, -0.2) is 9.78 Å². The fourth-order valence-electron chi connectivity index (χ4n) is 2.81. The van der Waals surface area contributed by atoms with Crippen molar-refractivity contribution in [2.75, 3.05) is 0 Å². The first-order chi connectivity index (χ1) is 12.4. The van der Waals surface area contributed by atoms with Crippen molar-refractivity contribution >= 4 is 39.1 Å². The van der Waals surface area contributed by atoms with Gasteiger partial charge in [0.1, 0.15) is 17.5 Å². The van der Waals surface area contributed by atoms with Crippen LogP contribution >= 0.6 is 22.9 Å². The molecule has 0 saturated heterocycles. The van der Waals surface area contributed by atoms with Gasteiger partial charge in [-0.15, -0.1) is 11.3 Å². The van der Waals surface area contributed by atoms with Crippen molar-refractivity contribution < 1.29 is 9.53 Å². The first kappa shape index (κ1) is 18.6. The lowest BCUT2D eigenvalue weighted by atomic mass is 10.2. The highest BCUT2D eigenvalue weighted by atomic mass is 35.5. The Hall–Kier alpha value is -2.18. The van der Waals surface area contributed by atoms with E-state index in [1.165, 1.54) is 22.2 Å². The van der Waals surface area contributed by atoms with Crippen LogP contribution in [0.3, 0.4) is 0 Å². The van der Waals surface area contributed by atoms with Gasteiger partial charge in [-0.05, 0) is 31.9 Å². The fourth-order valence-corrected chi connectivity index (χ4v) is 3.99. The summed E-state index contributed by atoms with van der Waals surface area (Å²) in [5.41, 5.74) is 1.43. The summed E-state index contributed by atoms with van der Waals surface area (Å²) in [5, 5.41) is 1.12. The normalized spacial score (nSPS) is 12.3. The Labute approximate surface area is 160 Å². The van der Waals surface area contributed by atoms with Gasteiger partial charge < -0.3 is 4.74 Å². The molecule has 0 aliphatic carbocycles. The highest BCUT2D eigenvalue weighted by Crippen LogP contribution is 2.26. The number of thiophene rings is 1. The van der Waals surface area contributed by atoms with E-state index in [1.807, 2.05) is 32.9 Å². The van der Waals surface area contributed by atoms with E-state index in [1.54, 1.807) is 12.1 Å². The minimum Gasteiger partial charge on any atom is -0.459 e.